The molecule has 3 aliphatic rings. The molecule has 0 unspecified atom stereocenters. The lowest BCUT2D eigenvalue weighted by Crippen LogP contribution is -2.41. The summed E-state index contributed by atoms with van der Waals surface area (Å²) >= 11 is 0. The van der Waals surface area contributed by atoms with E-state index in [1.54, 1.807) is 0 Å². The van der Waals surface area contributed by atoms with Crippen LogP contribution in [0.15, 0.2) is 0 Å². The van der Waals surface area contributed by atoms with E-state index in [2.05, 4.69) is 27.7 Å². The molecule has 5 nitrogen and oxygen atoms in total. The largest absolute Gasteiger partial charge is 0.464 e. The number of hydrogen-bond acceptors (Lipinski definition) is 4. The molecule has 0 aromatic carbocycles. The van der Waals surface area contributed by atoms with Gasteiger partial charge in [-0.05, 0) is 80.6 Å². The predicted octanol–water partition coefficient (Wildman–Crippen LogP) is 4.40. The van der Waals surface area contributed by atoms with Gasteiger partial charge in [-0.25, -0.2) is 4.79 Å². The molecular formula is C19H34BNO4. The first kappa shape index (κ1) is 19.0. The molecule has 2 aliphatic heterocycles. The lowest BCUT2D eigenvalue weighted by Gasteiger charge is -2.32. The first-order valence-corrected chi connectivity index (χ1v) is 9.71. The summed E-state index contributed by atoms with van der Waals surface area (Å²) in [5, 5.41) is 0.0559. The molecule has 3 rings (SSSR count). The Kier molecular flexibility index (Phi) is 4.48. The highest BCUT2D eigenvalue weighted by atomic mass is 16.7. The third-order valence-electron chi connectivity index (χ3n) is 6.29. The fourth-order valence-electron chi connectivity index (χ4n) is 3.87. The molecule has 0 bridgehead atoms. The molecule has 142 valence electrons. The average molecular weight is 351 g/mol. The van der Waals surface area contributed by atoms with Crippen molar-refractivity contribution >= 4 is 13.2 Å². The van der Waals surface area contributed by atoms with Crippen LogP contribution in [-0.4, -0.2) is 47.5 Å². The van der Waals surface area contributed by atoms with E-state index < -0.39 is 5.60 Å². The van der Waals surface area contributed by atoms with Gasteiger partial charge in [0.05, 0.1) is 11.2 Å². The van der Waals surface area contributed by atoms with Crippen LogP contribution in [0.5, 0.6) is 0 Å². The van der Waals surface area contributed by atoms with E-state index in [0.717, 1.165) is 38.6 Å². The van der Waals surface area contributed by atoms with Gasteiger partial charge < -0.3 is 18.9 Å². The summed E-state index contributed by atoms with van der Waals surface area (Å²) in [7, 11) is -0.168. The van der Waals surface area contributed by atoms with Crippen molar-refractivity contribution in [1.29, 1.82) is 0 Å². The maximum Gasteiger partial charge on any atom is 0.464 e. The van der Waals surface area contributed by atoms with Crippen molar-refractivity contribution in [2.45, 2.75) is 109 Å². The molecule has 1 amide bonds. The maximum absolute atomic E-state index is 12.5. The highest BCUT2D eigenvalue weighted by Crippen LogP contribution is 2.64. The number of amides is 1. The molecule has 25 heavy (non-hydrogen) atoms. The fourth-order valence-corrected chi connectivity index (χ4v) is 3.87. The van der Waals surface area contributed by atoms with Gasteiger partial charge in [0.2, 0.25) is 0 Å². The SMILES string of the molecule is CC(C)(C)OC(=O)N1CCC[C@H]1CC1(B2OC(C)(C)C(C)(C)O2)CC1. The molecule has 1 saturated carbocycles. The zero-order chi connectivity index (χ0) is 18.7. The first-order chi connectivity index (χ1) is 11.4. The Bertz CT molecular complexity index is 520. The van der Waals surface area contributed by atoms with Crippen molar-refractivity contribution in [2.24, 2.45) is 0 Å². The molecule has 6 heteroatoms. The Balaban J connectivity index is 1.66. The minimum absolute atomic E-state index is 0.0559. The number of ether oxygens (including phenoxy) is 1. The fraction of sp³-hybridized carbons (Fsp3) is 0.947. The smallest absolute Gasteiger partial charge is 0.444 e. The van der Waals surface area contributed by atoms with E-state index >= 15 is 0 Å². The van der Waals surface area contributed by atoms with Crippen LogP contribution in [0.2, 0.25) is 5.31 Å². The number of carbonyl (C=O) groups excluding carboxylic acids is 1. The summed E-state index contributed by atoms with van der Waals surface area (Å²) in [5.41, 5.74) is -1.05. The number of carbonyl (C=O) groups is 1. The van der Waals surface area contributed by atoms with Crippen molar-refractivity contribution in [2.75, 3.05) is 6.54 Å². The van der Waals surface area contributed by atoms with Crippen LogP contribution in [0.3, 0.4) is 0 Å². The van der Waals surface area contributed by atoms with Gasteiger partial charge in [0, 0.05) is 17.9 Å². The van der Waals surface area contributed by atoms with E-state index in [1.165, 1.54) is 0 Å². The van der Waals surface area contributed by atoms with Crippen molar-refractivity contribution in [3.05, 3.63) is 0 Å². The van der Waals surface area contributed by atoms with Crippen LogP contribution < -0.4 is 0 Å². The molecule has 2 saturated heterocycles. The van der Waals surface area contributed by atoms with Crippen LogP contribution in [0.4, 0.5) is 4.79 Å². The Hall–Kier alpha value is -0.745. The summed E-state index contributed by atoms with van der Waals surface area (Å²) < 4.78 is 18.2. The number of rotatable bonds is 3. The van der Waals surface area contributed by atoms with Gasteiger partial charge in [0.15, 0.2) is 0 Å². The van der Waals surface area contributed by atoms with Crippen molar-refractivity contribution in [1.82, 2.24) is 4.90 Å². The number of hydrogen-bond donors (Lipinski definition) is 0. The standard InChI is InChI=1S/C19H34BNO4/c1-16(2,3)23-15(22)21-12-8-9-14(21)13-19(10-11-19)20-24-17(4,5)18(6,7)25-20/h14H,8-13H2,1-7H3/t14-/m0/s1. The molecular weight excluding hydrogens is 317 g/mol. The van der Waals surface area contributed by atoms with Crippen LogP contribution in [0, 0.1) is 0 Å². The third-order valence-corrected chi connectivity index (χ3v) is 6.29. The van der Waals surface area contributed by atoms with Gasteiger partial charge in [0.25, 0.3) is 0 Å². The van der Waals surface area contributed by atoms with Crippen LogP contribution in [0.25, 0.3) is 0 Å². The second-order valence-corrected chi connectivity index (χ2v) is 10.1. The van der Waals surface area contributed by atoms with Crippen molar-refractivity contribution < 1.29 is 18.8 Å². The molecule has 1 atom stereocenters. The van der Waals surface area contributed by atoms with E-state index in [-0.39, 0.29) is 35.8 Å². The average Bonchev–Trinajstić information content (AvgIpc) is 2.97. The zero-order valence-corrected chi connectivity index (χ0v) is 17.0. The van der Waals surface area contributed by atoms with Gasteiger partial charge in [-0.3, -0.25) is 0 Å². The second kappa shape index (κ2) is 5.88. The molecule has 1 aliphatic carbocycles. The first-order valence-electron chi connectivity index (χ1n) is 9.71. The topological polar surface area (TPSA) is 48.0 Å². The van der Waals surface area contributed by atoms with Crippen molar-refractivity contribution in [3.63, 3.8) is 0 Å². The highest BCUT2D eigenvalue weighted by Gasteiger charge is 2.65. The van der Waals surface area contributed by atoms with Gasteiger partial charge in [-0.1, -0.05) is 0 Å². The van der Waals surface area contributed by atoms with E-state index in [4.69, 9.17) is 14.0 Å². The van der Waals surface area contributed by atoms with Crippen LogP contribution in [-0.2, 0) is 14.0 Å². The Morgan fingerprint density at radius 2 is 1.72 bits per heavy atom. The summed E-state index contributed by atoms with van der Waals surface area (Å²) in [4.78, 5) is 14.5. The quantitative estimate of drug-likeness (QED) is 0.707. The minimum atomic E-state index is -0.451. The maximum atomic E-state index is 12.5. The summed E-state index contributed by atoms with van der Waals surface area (Å²) in [6, 6.07) is 0.233. The highest BCUT2D eigenvalue weighted by molar-refractivity contribution is 6.51. The summed E-state index contributed by atoms with van der Waals surface area (Å²) in [6.07, 6.45) is 5.08. The molecule has 0 radical (unpaired) electrons. The van der Waals surface area contributed by atoms with E-state index in [9.17, 15) is 4.79 Å². The predicted molar refractivity (Wildman–Crippen MR) is 98.6 cm³/mol. The molecule has 0 N–H and O–H groups in total. The van der Waals surface area contributed by atoms with Gasteiger partial charge in [-0.2, -0.15) is 0 Å². The lowest BCUT2D eigenvalue weighted by atomic mass is 9.64. The normalized spacial score (nSPS) is 29.8. The molecule has 0 aromatic rings. The van der Waals surface area contributed by atoms with Crippen LogP contribution in [0.1, 0.15) is 80.6 Å². The van der Waals surface area contributed by atoms with E-state index in [0.29, 0.717) is 0 Å². The summed E-state index contributed by atoms with van der Waals surface area (Å²) in [6.45, 7) is 15.0. The Morgan fingerprint density at radius 3 is 2.20 bits per heavy atom. The molecule has 0 aromatic heterocycles. The third kappa shape index (κ3) is 3.70. The monoisotopic (exact) mass is 351 g/mol. The van der Waals surface area contributed by atoms with Crippen molar-refractivity contribution in [3.8, 4) is 0 Å². The molecule has 0 spiro atoms. The Labute approximate surface area is 152 Å². The number of likely N-dealkylation sites (tertiary alicyclic amines) is 1. The summed E-state index contributed by atoms with van der Waals surface area (Å²) in [5.74, 6) is 0. The minimum Gasteiger partial charge on any atom is -0.444 e. The van der Waals surface area contributed by atoms with E-state index in [1.807, 2.05) is 25.7 Å². The molecule has 2 heterocycles. The second-order valence-electron chi connectivity index (χ2n) is 10.1. The van der Waals surface area contributed by atoms with Gasteiger partial charge in [-0.15, -0.1) is 0 Å². The zero-order valence-electron chi connectivity index (χ0n) is 17.0. The lowest BCUT2D eigenvalue weighted by molar-refractivity contribution is 0.00578. The Morgan fingerprint density at radius 1 is 1.16 bits per heavy atom. The number of nitrogens with zero attached hydrogens (tertiary/aromatic N) is 1. The van der Waals surface area contributed by atoms with Gasteiger partial charge in [0.1, 0.15) is 5.60 Å². The van der Waals surface area contributed by atoms with Gasteiger partial charge >= 0.3 is 13.2 Å². The molecule has 3 fully saturated rings. The van der Waals surface area contributed by atoms with Crippen LogP contribution >= 0.6 is 0 Å².